The van der Waals surface area contributed by atoms with Crippen molar-refractivity contribution < 1.29 is 9.59 Å². The molecule has 3 rings (SSSR count). The summed E-state index contributed by atoms with van der Waals surface area (Å²) in [6.45, 7) is 0.324. The Labute approximate surface area is 132 Å². The van der Waals surface area contributed by atoms with Crippen molar-refractivity contribution in [3.05, 3.63) is 69.6 Å². The molecular weight excluding hydrogens is 290 g/mol. The minimum atomic E-state index is -0.485. The Morgan fingerprint density at radius 2 is 1.65 bits per heavy atom. The van der Waals surface area contributed by atoms with Gasteiger partial charge < -0.3 is 0 Å². The van der Waals surface area contributed by atoms with Crippen molar-refractivity contribution in [2.75, 3.05) is 6.54 Å². The molecule has 0 radical (unpaired) electrons. The number of carbonyl (C=O) groups is 2. The van der Waals surface area contributed by atoms with E-state index in [4.69, 9.17) is 5.53 Å². The highest BCUT2D eigenvalue weighted by Crippen LogP contribution is 2.33. The molecule has 0 bridgehead atoms. The van der Waals surface area contributed by atoms with Gasteiger partial charge in [-0.15, -0.1) is 0 Å². The fraction of sp³-hybridized carbons (Fsp3) is 0.111. The van der Waals surface area contributed by atoms with Crippen molar-refractivity contribution in [1.29, 1.82) is 0 Å². The van der Waals surface area contributed by atoms with E-state index in [1.165, 1.54) is 0 Å². The zero-order valence-electron chi connectivity index (χ0n) is 12.1. The maximum absolute atomic E-state index is 12.2. The first-order valence-corrected chi connectivity index (χ1v) is 7.04. The molecule has 0 heterocycles. The van der Waals surface area contributed by atoms with Crippen molar-refractivity contribution in [1.82, 2.24) is 0 Å². The lowest BCUT2D eigenvalue weighted by Gasteiger charge is -2.17. The molecular formula is C18H11N3O2. The predicted octanol–water partition coefficient (Wildman–Crippen LogP) is 3.78. The molecule has 0 aliphatic heterocycles. The lowest BCUT2D eigenvalue weighted by Crippen LogP contribution is -2.21. The fourth-order valence-electron chi connectivity index (χ4n) is 2.52. The molecule has 0 aromatic heterocycles. The van der Waals surface area contributed by atoms with Gasteiger partial charge in [0.05, 0.1) is 0 Å². The SMILES string of the molecule is [N-]=[N+]=NCCC#Cc1ccc2c(c1)-c1ccccc1C(=O)C2=O. The molecule has 0 saturated carbocycles. The molecule has 1 aliphatic rings. The van der Waals surface area contributed by atoms with Gasteiger partial charge in [0.15, 0.2) is 0 Å². The highest BCUT2D eigenvalue weighted by Gasteiger charge is 2.29. The summed E-state index contributed by atoms with van der Waals surface area (Å²) < 4.78 is 0. The number of hydrogen-bond acceptors (Lipinski definition) is 3. The second-order valence-corrected chi connectivity index (χ2v) is 4.97. The van der Waals surface area contributed by atoms with E-state index in [0.717, 1.165) is 16.7 Å². The molecule has 2 aromatic rings. The summed E-state index contributed by atoms with van der Waals surface area (Å²) in [6, 6.07) is 12.3. The van der Waals surface area contributed by atoms with Crippen LogP contribution in [0.5, 0.6) is 0 Å². The molecule has 1 aliphatic carbocycles. The molecule has 0 fully saturated rings. The van der Waals surface area contributed by atoms with Gasteiger partial charge in [-0.3, -0.25) is 9.59 Å². The molecule has 0 unspecified atom stereocenters. The summed E-state index contributed by atoms with van der Waals surface area (Å²) in [6.07, 6.45) is 0.467. The summed E-state index contributed by atoms with van der Waals surface area (Å²) in [4.78, 5) is 27.0. The molecule has 110 valence electrons. The minimum absolute atomic E-state index is 0.324. The van der Waals surface area contributed by atoms with Crippen molar-refractivity contribution in [3.63, 3.8) is 0 Å². The van der Waals surface area contributed by atoms with E-state index in [9.17, 15) is 9.59 Å². The van der Waals surface area contributed by atoms with E-state index in [1.54, 1.807) is 24.3 Å². The van der Waals surface area contributed by atoms with Gasteiger partial charge in [0.2, 0.25) is 11.6 Å². The lowest BCUT2D eigenvalue weighted by molar-refractivity contribution is 0.0815. The van der Waals surface area contributed by atoms with E-state index in [-0.39, 0.29) is 0 Å². The first-order valence-electron chi connectivity index (χ1n) is 7.04. The molecule has 0 saturated heterocycles. The van der Waals surface area contributed by atoms with Gasteiger partial charge in [-0.1, -0.05) is 41.2 Å². The Morgan fingerprint density at radius 3 is 2.39 bits per heavy atom. The van der Waals surface area contributed by atoms with Crippen LogP contribution in [0.2, 0.25) is 0 Å². The summed E-state index contributed by atoms with van der Waals surface area (Å²) in [5, 5.41) is 3.42. The molecule has 2 aromatic carbocycles. The number of benzene rings is 2. The normalized spacial score (nSPS) is 11.7. The first kappa shape index (κ1) is 14.6. The summed E-state index contributed by atoms with van der Waals surface area (Å²) in [5.41, 5.74) is 11.3. The Balaban J connectivity index is 2.01. The van der Waals surface area contributed by atoms with Gasteiger partial charge >= 0.3 is 0 Å². The topological polar surface area (TPSA) is 82.9 Å². The van der Waals surface area contributed by atoms with Gasteiger partial charge in [-0.25, -0.2) is 0 Å². The number of ketones is 2. The van der Waals surface area contributed by atoms with Gasteiger partial charge in [0.25, 0.3) is 0 Å². The highest BCUT2D eigenvalue weighted by molar-refractivity contribution is 6.53. The van der Waals surface area contributed by atoms with Crippen LogP contribution in [0.3, 0.4) is 0 Å². The van der Waals surface area contributed by atoms with Gasteiger partial charge in [-0.05, 0) is 34.9 Å². The van der Waals surface area contributed by atoms with Gasteiger partial charge in [0.1, 0.15) is 0 Å². The van der Waals surface area contributed by atoms with Crippen LogP contribution in [0.25, 0.3) is 21.6 Å². The molecule has 5 heteroatoms. The Bertz CT molecular complexity index is 929. The monoisotopic (exact) mass is 301 g/mol. The molecule has 0 spiro atoms. The molecule has 23 heavy (non-hydrogen) atoms. The second-order valence-electron chi connectivity index (χ2n) is 4.97. The third kappa shape index (κ3) is 2.71. The fourth-order valence-corrected chi connectivity index (χ4v) is 2.52. The largest absolute Gasteiger partial charge is 0.285 e. The number of azide groups is 1. The van der Waals surface area contributed by atoms with Gasteiger partial charge in [-0.2, -0.15) is 0 Å². The van der Waals surface area contributed by atoms with E-state index in [0.29, 0.717) is 24.1 Å². The summed E-state index contributed by atoms with van der Waals surface area (Å²) in [7, 11) is 0. The second kappa shape index (κ2) is 6.18. The van der Waals surface area contributed by atoms with Crippen LogP contribution in [0.4, 0.5) is 0 Å². The molecule has 5 nitrogen and oxygen atoms in total. The third-order valence-corrected chi connectivity index (χ3v) is 3.57. The molecule has 0 amide bonds. The summed E-state index contributed by atoms with van der Waals surface area (Å²) in [5.74, 6) is 4.95. The third-order valence-electron chi connectivity index (χ3n) is 3.57. The van der Waals surface area contributed by atoms with Crippen LogP contribution in [0.15, 0.2) is 47.6 Å². The zero-order chi connectivity index (χ0) is 16.2. The number of hydrogen-bond donors (Lipinski definition) is 0. The van der Waals surface area contributed by atoms with Crippen molar-refractivity contribution >= 4 is 11.6 Å². The number of fused-ring (bicyclic) bond motifs is 3. The van der Waals surface area contributed by atoms with Crippen LogP contribution in [-0.4, -0.2) is 18.1 Å². The van der Waals surface area contributed by atoms with E-state index < -0.39 is 11.6 Å². The van der Waals surface area contributed by atoms with E-state index in [2.05, 4.69) is 21.9 Å². The Hall–Kier alpha value is -3.35. The first-order chi connectivity index (χ1) is 11.2. The minimum Gasteiger partial charge on any atom is -0.285 e. The highest BCUT2D eigenvalue weighted by atomic mass is 16.2. The van der Waals surface area contributed by atoms with Crippen LogP contribution < -0.4 is 0 Å². The van der Waals surface area contributed by atoms with E-state index in [1.807, 2.05) is 18.2 Å². The van der Waals surface area contributed by atoms with Crippen molar-refractivity contribution in [3.8, 4) is 23.0 Å². The maximum Gasteiger partial charge on any atom is 0.234 e. The standard InChI is InChI=1S/C18H11N3O2/c19-21-20-10-4-3-5-12-8-9-15-16(11-12)13-6-1-2-7-14(13)17(22)18(15)23/h1-2,6-9,11H,4,10H2. The van der Waals surface area contributed by atoms with E-state index >= 15 is 0 Å². The van der Waals surface area contributed by atoms with Crippen molar-refractivity contribution in [2.45, 2.75) is 6.42 Å². The summed E-state index contributed by atoms with van der Waals surface area (Å²) >= 11 is 0. The molecule has 0 atom stereocenters. The quantitative estimate of drug-likeness (QED) is 0.211. The molecule has 0 N–H and O–H groups in total. The Kier molecular flexibility index (Phi) is 3.92. The lowest BCUT2D eigenvalue weighted by atomic mass is 9.83. The predicted molar refractivity (Wildman–Crippen MR) is 86.0 cm³/mol. The van der Waals surface area contributed by atoms with Crippen LogP contribution >= 0.6 is 0 Å². The van der Waals surface area contributed by atoms with Crippen LogP contribution in [0.1, 0.15) is 32.7 Å². The average Bonchev–Trinajstić information content (AvgIpc) is 2.59. The number of rotatable bonds is 2. The maximum atomic E-state index is 12.2. The average molecular weight is 301 g/mol. The van der Waals surface area contributed by atoms with Crippen molar-refractivity contribution in [2.24, 2.45) is 5.11 Å². The smallest absolute Gasteiger partial charge is 0.234 e. The Morgan fingerprint density at radius 1 is 0.957 bits per heavy atom. The number of nitrogens with zero attached hydrogens (tertiary/aromatic N) is 3. The number of Topliss-reactive ketones (excluding diaryl/α,β-unsaturated/α-hetero) is 2. The number of carbonyl (C=O) groups excluding carboxylic acids is 2. The van der Waals surface area contributed by atoms with Gasteiger partial charge in [0, 0.05) is 34.6 Å². The van der Waals surface area contributed by atoms with Crippen LogP contribution in [-0.2, 0) is 0 Å². The van der Waals surface area contributed by atoms with Crippen LogP contribution in [0, 0.1) is 11.8 Å². The zero-order valence-corrected chi connectivity index (χ0v) is 12.1.